The summed E-state index contributed by atoms with van der Waals surface area (Å²) in [5.41, 5.74) is 0.690. The molecule has 0 N–H and O–H groups in total. The van der Waals surface area contributed by atoms with Gasteiger partial charge >= 0.3 is 12.1 Å². The third-order valence-corrected chi connectivity index (χ3v) is 5.70. The number of halogens is 4. The van der Waals surface area contributed by atoms with Crippen LogP contribution in [-0.2, 0) is 15.8 Å². The van der Waals surface area contributed by atoms with Gasteiger partial charge in [0, 0.05) is 42.7 Å². The maximum Gasteiger partial charge on any atom is 0.470 e. The van der Waals surface area contributed by atoms with Crippen LogP contribution in [0.5, 0.6) is 0 Å². The number of benzene rings is 1. The van der Waals surface area contributed by atoms with Gasteiger partial charge in [-0.2, -0.15) is 13.2 Å². The highest BCUT2D eigenvalue weighted by molar-refractivity contribution is 6.30. The molecule has 2 saturated heterocycles. The molecular weight excluding hydrogens is 425 g/mol. The van der Waals surface area contributed by atoms with Crippen molar-refractivity contribution in [3.63, 3.8) is 0 Å². The summed E-state index contributed by atoms with van der Waals surface area (Å²) < 4.78 is 42.6. The SMILES string of the molecule is O=C(C1CC(=O)N(c2ccc(Cl)cc2)C1)N1CCC(c2nnc(C(F)(F)F)o2)CC1. The van der Waals surface area contributed by atoms with Gasteiger partial charge in [0.05, 0.1) is 5.92 Å². The smallest absolute Gasteiger partial charge is 0.417 e. The third kappa shape index (κ3) is 4.14. The lowest BCUT2D eigenvalue weighted by Crippen LogP contribution is -2.42. The Bertz CT molecular complexity index is 939. The lowest BCUT2D eigenvalue weighted by Gasteiger charge is -2.32. The second kappa shape index (κ2) is 7.90. The number of hydrogen-bond donors (Lipinski definition) is 0. The van der Waals surface area contributed by atoms with Gasteiger partial charge in [-0.1, -0.05) is 11.6 Å². The van der Waals surface area contributed by atoms with Crippen LogP contribution in [0.4, 0.5) is 18.9 Å². The van der Waals surface area contributed by atoms with Crippen molar-refractivity contribution in [1.82, 2.24) is 15.1 Å². The van der Waals surface area contributed by atoms with Gasteiger partial charge in [-0.25, -0.2) is 0 Å². The number of carbonyl (C=O) groups excluding carboxylic acids is 2. The predicted octanol–water partition coefficient (Wildman–Crippen LogP) is 3.50. The topological polar surface area (TPSA) is 79.5 Å². The lowest BCUT2D eigenvalue weighted by atomic mass is 9.95. The van der Waals surface area contributed by atoms with E-state index in [0.29, 0.717) is 36.6 Å². The first-order chi connectivity index (χ1) is 14.2. The second-order valence-electron chi connectivity index (χ2n) is 7.42. The summed E-state index contributed by atoms with van der Waals surface area (Å²) >= 11 is 5.88. The Morgan fingerprint density at radius 2 is 1.80 bits per heavy atom. The van der Waals surface area contributed by atoms with E-state index in [9.17, 15) is 22.8 Å². The van der Waals surface area contributed by atoms with Gasteiger partial charge in [0.2, 0.25) is 17.7 Å². The van der Waals surface area contributed by atoms with Gasteiger partial charge < -0.3 is 14.2 Å². The maximum absolute atomic E-state index is 12.9. The molecule has 1 atom stereocenters. The molecule has 160 valence electrons. The first kappa shape index (κ1) is 20.6. The van der Waals surface area contributed by atoms with Crippen LogP contribution in [0.25, 0.3) is 0 Å². The van der Waals surface area contributed by atoms with E-state index in [1.165, 1.54) is 0 Å². The number of likely N-dealkylation sites (tertiary alicyclic amines) is 1. The number of rotatable bonds is 3. The molecule has 2 amide bonds. The highest BCUT2D eigenvalue weighted by Gasteiger charge is 2.41. The number of anilines is 1. The van der Waals surface area contributed by atoms with Crippen molar-refractivity contribution in [2.45, 2.75) is 31.4 Å². The predicted molar refractivity (Wildman–Crippen MR) is 99.8 cm³/mol. The molecule has 2 aromatic rings. The van der Waals surface area contributed by atoms with Crippen LogP contribution in [0.15, 0.2) is 28.7 Å². The zero-order valence-corrected chi connectivity index (χ0v) is 16.5. The third-order valence-electron chi connectivity index (χ3n) is 5.45. The zero-order chi connectivity index (χ0) is 21.5. The van der Waals surface area contributed by atoms with E-state index in [4.69, 9.17) is 16.0 Å². The highest BCUT2D eigenvalue weighted by atomic mass is 35.5. The molecule has 0 bridgehead atoms. The largest absolute Gasteiger partial charge is 0.470 e. The van der Waals surface area contributed by atoms with Gasteiger partial charge in [0.15, 0.2) is 0 Å². The Morgan fingerprint density at radius 1 is 1.13 bits per heavy atom. The zero-order valence-electron chi connectivity index (χ0n) is 15.7. The molecular formula is C19H18ClF3N4O3. The van der Waals surface area contributed by atoms with E-state index in [1.807, 2.05) is 0 Å². The fourth-order valence-electron chi connectivity index (χ4n) is 3.86. The number of amides is 2. The average molecular weight is 443 g/mol. The summed E-state index contributed by atoms with van der Waals surface area (Å²) in [6, 6.07) is 6.84. The van der Waals surface area contributed by atoms with Crippen molar-refractivity contribution < 1.29 is 27.2 Å². The molecule has 2 fully saturated rings. The van der Waals surface area contributed by atoms with E-state index in [1.54, 1.807) is 34.1 Å². The van der Waals surface area contributed by atoms with Crippen LogP contribution in [0, 0.1) is 5.92 Å². The van der Waals surface area contributed by atoms with Gasteiger partial charge in [0.25, 0.3) is 0 Å². The quantitative estimate of drug-likeness (QED) is 0.727. The van der Waals surface area contributed by atoms with Crippen LogP contribution in [0.1, 0.15) is 37.0 Å². The fourth-order valence-corrected chi connectivity index (χ4v) is 3.99. The minimum atomic E-state index is -4.67. The monoisotopic (exact) mass is 442 g/mol. The molecule has 2 aliphatic rings. The number of aromatic nitrogens is 2. The molecule has 1 aromatic carbocycles. The van der Waals surface area contributed by atoms with E-state index in [-0.39, 0.29) is 36.6 Å². The standard InChI is InChI=1S/C19H18ClF3N4O3/c20-13-1-3-14(4-2-13)27-10-12(9-15(27)28)17(29)26-7-5-11(6-8-26)16-24-25-18(30-16)19(21,22)23/h1-4,11-12H,5-10H2. The Hall–Kier alpha value is -2.62. The number of alkyl halides is 3. The molecule has 0 spiro atoms. The molecule has 4 rings (SSSR count). The van der Waals surface area contributed by atoms with E-state index >= 15 is 0 Å². The highest BCUT2D eigenvalue weighted by Crippen LogP contribution is 2.34. The molecule has 0 radical (unpaired) electrons. The summed E-state index contributed by atoms with van der Waals surface area (Å²) in [6.07, 6.45) is -3.70. The van der Waals surface area contributed by atoms with Crippen molar-refractivity contribution in [1.29, 1.82) is 0 Å². The van der Waals surface area contributed by atoms with Crippen LogP contribution in [-0.4, -0.2) is 46.5 Å². The van der Waals surface area contributed by atoms with Crippen LogP contribution >= 0.6 is 11.6 Å². The van der Waals surface area contributed by atoms with Gasteiger partial charge in [-0.3, -0.25) is 9.59 Å². The van der Waals surface area contributed by atoms with Gasteiger partial charge in [0.1, 0.15) is 0 Å². The average Bonchev–Trinajstić information content (AvgIpc) is 3.35. The molecule has 3 heterocycles. The fraction of sp³-hybridized carbons (Fsp3) is 0.474. The van der Waals surface area contributed by atoms with Crippen molar-refractivity contribution in [3.05, 3.63) is 41.1 Å². The minimum Gasteiger partial charge on any atom is -0.417 e. The molecule has 0 saturated carbocycles. The molecule has 7 nitrogen and oxygen atoms in total. The molecule has 1 aromatic heterocycles. The van der Waals surface area contributed by atoms with Crippen LogP contribution < -0.4 is 4.90 Å². The number of carbonyl (C=O) groups is 2. The van der Waals surface area contributed by atoms with Crippen LogP contribution in [0.2, 0.25) is 5.02 Å². The Labute approximate surface area is 174 Å². The molecule has 1 unspecified atom stereocenters. The van der Waals surface area contributed by atoms with Crippen molar-refractivity contribution in [3.8, 4) is 0 Å². The van der Waals surface area contributed by atoms with Crippen molar-refractivity contribution in [2.24, 2.45) is 5.92 Å². The number of hydrogen-bond acceptors (Lipinski definition) is 5. The van der Waals surface area contributed by atoms with Gasteiger partial charge in [-0.15, -0.1) is 10.2 Å². The summed E-state index contributed by atoms with van der Waals surface area (Å²) in [7, 11) is 0. The Balaban J connectivity index is 1.35. The van der Waals surface area contributed by atoms with Crippen molar-refractivity contribution in [2.75, 3.05) is 24.5 Å². The summed E-state index contributed by atoms with van der Waals surface area (Å²) in [5.74, 6) is -2.45. The Kier molecular flexibility index (Phi) is 5.44. The first-order valence-corrected chi connectivity index (χ1v) is 9.85. The maximum atomic E-state index is 12.9. The molecule has 30 heavy (non-hydrogen) atoms. The van der Waals surface area contributed by atoms with E-state index in [0.717, 1.165) is 0 Å². The minimum absolute atomic E-state index is 0.0561. The number of piperidine rings is 1. The summed E-state index contributed by atoms with van der Waals surface area (Å²) in [6.45, 7) is 1.01. The lowest BCUT2D eigenvalue weighted by molar-refractivity contribution is -0.157. The molecule has 11 heteroatoms. The van der Waals surface area contributed by atoms with Crippen molar-refractivity contribution >= 4 is 29.1 Å². The number of nitrogens with zero attached hydrogens (tertiary/aromatic N) is 4. The van der Waals surface area contributed by atoms with Gasteiger partial charge in [-0.05, 0) is 37.1 Å². The second-order valence-corrected chi connectivity index (χ2v) is 7.86. The van der Waals surface area contributed by atoms with E-state index in [2.05, 4.69) is 10.2 Å². The summed E-state index contributed by atoms with van der Waals surface area (Å²) in [5, 5.41) is 7.13. The Morgan fingerprint density at radius 3 is 2.40 bits per heavy atom. The first-order valence-electron chi connectivity index (χ1n) is 9.47. The molecule has 0 aliphatic carbocycles. The van der Waals surface area contributed by atoms with E-state index < -0.39 is 18.0 Å². The summed E-state index contributed by atoms with van der Waals surface area (Å²) in [4.78, 5) is 28.5. The molecule has 2 aliphatic heterocycles. The van der Waals surface area contributed by atoms with Crippen LogP contribution in [0.3, 0.4) is 0 Å². The normalized spacial score (nSPS) is 20.8.